The molecule has 2 atom stereocenters. The normalized spacial score (nSPS) is 22.5. The molecule has 11 heteroatoms. The molecule has 3 aliphatic rings. The van der Waals surface area contributed by atoms with Gasteiger partial charge in [-0.2, -0.15) is 0 Å². The first-order valence-electron chi connectivity index (χ1n) is 11.2. The molecule has 178 valence electrons. The second kappa shape index (κ2) is 8.19. The first kappa shape index (κ1) is 22.5. The van der Waals surface area contributed by atoms with Crippen LogP contribution in [-0.2, 0) is 27.0 Å². The smallest absolute Gasteiger partial charge is 0.288 e. The molecule has 1 aromatic carbocycles. The topological polar surface area (TPSA) is 109 Å². The molecule has 2 fully saturated rings. The number of fused-ring (bicyclic) bond motifs is 1. The molecule has 0 spiro atoms. The van der Waals surface area contributed by atoms with Gasteiger partial charge in [0.2, 0.25) is 5.78 Å². The van der Waals surface area contributed by atoms with Gasteiger partial charge in [0, 0.05) is 25.3 Å². The minimum atomic E-state index is -0.710. The summed E-state index contributed by atoms with van der Waals surface area (Å²) in [7, 11) is 1.74. The van der Waals surface area contributed by atoms with Crippen molar-refractivity contribution >= 4 is 34.9 Å². The van der Waals surface area contributed by atoms with E-state index < -0.39 is 34.9 Å². The zero-order chi connectivity index (χ0) is 24.2. The third-order valence-electron chi connectivity index (χ3n) is 6.91. The number of aryl methyl sites for hydroxylation is 1. The van der Waals surface area contributed by atoms with Crippen LogP contribution in [0, 0.1) is 11.7 Å². The Morgan fingerprint density at radius 3 is 2.68 bits per heavy atom. The lowest BCUT2D eigenvalue weighted by Gasteiger charge is -2.24. The summed E-state index contributed by atoms with van der Waals surface area (Å²) >= 11 is 5.83. The molecule has 9 nitrogen and oxygen atoms in total. The van der Waals surface area contributed by atoms with E-state index in [0.29, 0.717) is 48.5 Å². The highest BCUT2D eigenvalue weighted by Gasteiger charge is 2.52. The largest absolute Gasteiger partial charge is 0.363 e. The fraction of sp³-hybridized carbons (Fsp3) is 0.435. The molecule has 34 heavy (non-hydrogen) atoms. The molecule has 3 heterocycles. The zero-order valence-electron chi connectivity index (χ0n) is 18.8. The van der Waals surface area contributed by atoms with Gasteiger partial charge >= 0.3 is 0 Å². The zero-order valence-corrected chi connectivity index (χ0v) is 19.5. The Labute approximate surface area is 200 Å². The number of Topliss-reactive ketones (excluding diaryl/α,β-unsaturated/α-hetero) is 1. The Morgan fingerprint density at radius 1 is 1.26 bits per heavy atom. The monoisotopic (exact) mass is 486 g/mol. The maximum absolute atomic E-state index is 13.5. The van der Waals surface area contributed by atoms with E-state index in [1.807, 2.05) is 4.90 Å². The molecule has 2 unspecified atom stereocenters. The fourth-order valence-electron chi connectivity index (χ4n) is 5.08. The number of anilines is 1. The molecule has 0 bridgehead atoms. The number of ketones is 1. The van der Waals surface area contributed by atoms with Crippen LogP contribution in [0.2, 0.25) is 5.02 Å². The molecular weight excluding hydrogens is 463 g/mol. The highest BCUT2D eigenvalue weighted by Crippen LogP contribution is 2.45. The van der Waals surface area contributed by atoms with Crippen molar-refractivity contribution in [1.29, 1.82) is 0 Å². The number of hydrogen-bond acceptors (Lipinski definition) is 6. The standard InChI is InChI=1S/C23H24ClFN6O3/c1-12-18(20(32)22(34)27-23(7-8-23)17-11-30(2)29-28-17)16-4-3-9-31(16)19(12)21(33)26-13-5-6-15(25)14(24)10-13/h5-6,10-11,16,18H,3-4,7-9H2,1-2H3,(H,26,33)(H,27,34). The van der Waals surface area contributed by atoms with Crippen LogP contribution in [0.4, 0.5) is 10.1 Å². The molecule has 1 aromatic heterocycles. The van der Waals surface area contributed by atoms with E-state index in [9.17, 15) is 18.8 Å². The van der Waals surface area contributed by atoms with Crippen molar-refractivity contribution in [2.75, 3.05) is 11.9 Å². The van der Waals surface area contributed by atoms with E-state index in [4.69, 9.17) is 11.6 Å². The Bertz CT molecular complexity index is 1240. The lowest BCUT2D eigenvalue weighted by molar-refractivity contribution is -0.140. The van der Waals surface area contributed by atoms with E-state index >= 15 is 0 Å². The van der Waals surface area contributed by atoms with E-state index in [1.165, 1.54) is 18.2 Å². The maximum Gasteiger partial charge on any atom is 0.288 e. The van der Waals surface area contributed by atoms with Crippen LogP contribution >= 0.6 is 11.6 Å². The number of nitrogens with one attached hydrogen (secondary N) is 2. The Balaban J connectivity index is 1.36. The SMILES string of the molecule is CC1=C(C(=O)Nc2ccc(F)c(Cl)c2)N2CCCC2C1C(=O)C(=O)NC1(c2cn(C)nn2)CC1. The van der Waals surface area contributed by atoms with Crippen LogP contribution < -0.4 is 10.6 Å². The quantitative estimate of drug-likeness (QED) is 0.606. The number of carbonyl (C=O) groups is 3. The van der Waals surface area contributed by atoms with Crippen molar-refractivity contribution in [2.45, 2.75) is 44.2 Å². The minimum Gasteiger partial charge on any atom is -0.363 e. The molecule has 2 N–H and O–H groups in total. The number of amides is 2. The molecule has 0 radical (unpaired) electrons. The Kier molecular flexibility index (Phi) is 5.43. The van der Waals surface area contributed by atoms with Crippen molar-refractivity contribution in [3.8, 4) is 0 Å². The lowest BCUT2D eigenvalue weighted by Crippen LogP contribution is -2.45. The summed E-state index contributed by atoms with van der Waals surface area (Å²) in [5, 5.41) is 13.5. The van der Waals surface area contributed by atoms with Gasteiger partial charge in [-0.3, -0.25) is 19.1 Å². The van der Waals surface area contributed by atoms with E-state index in [0.717, 1.165) is 6.42 Å². The molecular formula is C23H24ClFN6O3. The highest BCUT2D eigenvalue weighted by molar-refractivity contribution is 6.38. The van der Waals surface area contributed by atoms with Gasteiger partial charge < -0.3 is 15.5 Å². The van der Waals surface area contributed by atoms with Gasteiger partial charge in [-0.05, 0) is 56.4 Å². The van der Waals surface area contributed by atoms with Crippen LogP contribution in [0.3, 0.4) is 0 Å². The third-order valence-corrected chi connectivity index (χ3v) is 7.20. The van der Waals surface area contributed by atoms with Crippen molar-refractivity contribution in [3.63, 3.8) is 0 Å². The molecule has 2 aromatic rings. The van der Waals surface area contributed by atoms with Gasteiger partial charge in [-0.1, -0.05) is 16.8 Å². The third kappa shape index (κ3) is 3.75. The van der Waals surface area contributed by atoms with Gasteiger partial charge in [0.25, 0.3) is 11.8 Å². The predicted octanol–water partition coefficient (Wildman–Crippen LogP) is 2.29. The number of benzene rings is 1. The maximum atomic E-state index is 13.5. The number of aromatic nitrogens is 3. The summed E-state index contributed by atoms with van der Waals surface area (Å²) in [5.74, 6) is -2.94. The number of rotatable bonds is 6. The average Bonchev–Trinajstić information content (AvgIpc) is 3.08. The summed E-state index contributed by atoms with van der Waals surface area (Å²) < 4.78 is 15.0. The average molecular weight is 487 g/mol. The second-order valence-corrected chi connectivity index (χ2v) is 9.58. The van der Waals surface area contributed by atoms with Crippen LogP contribution in [0.5, 0.6) is 0 Å². The van der Waals surface area contributed by atoms with Crippen molar-refractivity contribution in [2.24, 2.45) is 13.0 Å². The predicted molar refractivity (Wildman–Crippen MR) is 121 cm³/mol. The first-order chi connectivity index (χ1) is 16.2. The van der Waals surface area contributed by atoms with Crippen LogP contribution in [0.1, 0.15) is 38.3 Å². The van der Waals surface area contributed by atoms with Crippen LogP contribution in [0.25, 0.3) is 0 Å². The molecule has 5 rings (SSSR count). The van der Waals surface area contributed by atoms with Gasteiger partial charge in [0.05, 0.1) is 22.7 Å². The van der Waals surface area contributed by atoms with Crippen molar-refractivity contribution in [3.05, 3.63) is 52.2 Å². The number of hydrogen-bond donors (Lipinski definition) is 2. The number of halogens is 2. The summed E-state index contributed by atoms with van der Waals surface area (Å²) in [6.45, 7) is 2.33. The van der Waals surface area contributed by atoms with Crippen molar-refractivity contribution in [1.82, 2.24) is 25.2 Å². The first-order valence-corrected chi connectivity index (χ1v) is 11.5. The Morgan fingerprint density at radius 2 is 2.03 bits per heavy atom. The number of nitrogens with zero attached hydrogens (tertiary/aromatic N) is 4. The van der Waals surface area contributed by atoms with E-state index in [2.05, 4.69) is 20.9 Å². The molecule has 1 saturated carbocycles. The van der Waals surface area contributed by atoms with Gasteiger partial charge in [-0.15, -0.1) is 5.10 Å². The highest BCUT2D eigenvalue weighted by atomic mass is 35.5. The minimum absolute atomic E-state index is 0.101. The molecule has 1 saturated heterocycles. The second-order valence-electron chi connectivity index (χ2n) is 9.17. The van der Waals surface area contributed by atoms with E-state index in [-0.39, 0.29) is 11.1 Å². The lowest BCUT2D eigenvalue weighted by atomic mass is 9.88. The van der Waals surface area contributed by atoms with E-state index in [1.54, 1.807) is 24.9 Å². The summed E-state index contributed by atoms with van der Waals surface area (Å²) in [6, 6.07) is 3.68. The van der Waals surface area contributed by atoms with Crippen molar-refractivity contribution < 1.29 is 18.8 Å². The molecule has 2 amide bonds. The molecule has 2 aliphatic heterocycles. The fourth-order valence-corrected chi connectivity index (χ4v) is 5.26. The molecule has 1 aliphatic carbocycles. The van der Waals surface area contributed by atoms with Gasteiger partial charge in [-0.25, -0.2) is 4.39 Å². The van der Waals surface area contributed by atoms with Crippen LogP contribution in [0.15, 0.2) is 35.7 Å². The summed E-state index contributed by atoms with van der Waals surface area (Å²) in [4.78, 5) is 41.4. The van der Waals surface area contributed by atoms with Crippen LogP contribution in [-0.4, -0.2) is 50.1 Å². The van der Waals surface area contributed by atoms with Gasteiger partial charge in [0.15, 0.2) is 0 Å². The Hall–Kier alpha value is -3.27. The summed E-state index contributed by atoms with van der Waals surface area (Å²) in [5.41, 5.74) is 1.26. The summed E-state index contributed by atoms with van der Waals surface area (Å²) in [6.07, 6.45) is 4.63. The number of carbonyl (C=O) groups excluding carboxylic acids is 3. The van der Waals surface area contributed by atoms with Gasteiger partial charge in [0.1, 0.15) is 17.2 Å².